The van der Waals surface area contributed by atoms with E-state index in [-0.39, 0.29) is 11.3 Å². The number of rotatable bonds is 3. The first kappa shape index (κ1) is 16.5. The van der Waals surface area contributed by atoms with E-state index in [1.165, 1.54) is 12.8 Å². The molecule has 2 saturated heterocycles. The minimum absolute atomic E-state index is 0.00740. The Hall–Kier alpha value is -1.36. The molecule has 2 atom stereocenters. The summed E-state index contributed by atoms with van der Waals surface area (Å²) in [7, 11) is 0. The molecule has 2 fully saturated rings. The van der Waals surface area contributed by atoms with Gasteiger partial charge in [0.05, 0.1) is 12.7 Å². The van der Waals surface area contributed by atoms with E-state index in [1.54, 1.807) is 6.92 Å². The number of hydrogen-bond acceptors (Lipinski definition) is 4. The predicted molar refractivity (Wildman–Crippen MR) is 89.0 cm³/mol. The Morgan fingerprint density at radius 2 is 1.96 bits per heavy atom. The first-order valence-corrected chi connectivity index (χ1v) is 8.82. The molecule has 2 aliphatic rings. The fraction of sp³-hybridized carbons (Fsp3) is 0.778. The Morgan fingerprint density at radius 3 is 2.61 bits per heavy atom. The van der Waals surface area contributed by atoms with Gasteiger partial charge in [0.2, 0.25) is 11.8 Å². The topological polar surface area (TPSA) is 49.6 Å². The van der Waals surface area contributed by atoms with Crippen molar-refractivity contribution >= 4 is 5.91 Å². The molecule has 0 aromatic carbocycles. The van der Waals surface area contributed by atoms with Crippen LogP contribution in [0.15, 0.2) is 10.6 Å². The quantitative estimate of drug-likeness (QED) is 0.859. The highest BCUT2D eigenvalue weighted by molar-refractivity contribution is 5.74. The van der Waals surface area contributed by atoms with Crippen LogP contribution in [-0.2, 0) is 16.8 Å². The van der Waals surface area contributed by atoms with E-state index in [9.17, 15) is 4.79 Å². The Balaban J connectivity index is 1.70. The smallest absolute Gasteiger partial charge is 0.219 e. The highest BCUT2D eigenvalue weighted by atomic mass is 16.4. The molecule has 1 amide bonds. The summed E-state index contributed by atoms with van der Waals surface area (Å²) < 4.78 is 5.96. The zero-order valence-electron chi connectivity index (χ0n) is 14.8. The van der Waals surface area contributed by atoms with Crippen molar-refractivity contribution < 1.29 is 9.21 Å². The summed E-state index contributed by atoms with van der Waals surface area (Å²) in [4.78, 5) is 20.9. The molecule has 128 valence electrons. The van der Waals surface area contributed by atoms with Gasteiger partial charge in [-0.3, -0.25) is 9.69 Å². The van der Waals surface area contributed by atoms with Crippen molar-refractivity contribution in [1.29, 1.82) is 0 Å². The molecule has 0 spiro atoms. The normalized spacial score (nSPS) is 26.2. The van der Waals surface area contributed by atoms with Crippen LogP contribution in [0.25, 0.3) is 0 Å². The molecule has 0 unspecified atom stereocenters. The average molecular weight is 319 g/mol. The van der Waals surface area contributed by atoms with Crippen LogP contribution in [0.1, 0.15) is 65.0 Å². The van der Waals surface area contributed by atoms with Crippen LogP contribution in [0.3, 0.4) is 0 Å². The van der Waals surface area contributed by atoms with Gasteiger partial charge in [-0.15, -0.1) is 0 Å². The van der Waals surface area contributed by atoms with Crippen LogP contribution < -0.4 is 0 Å². The van der Waals surface area contributed by atoms with Gasteiger partial charge in [0.25, 0.3) is 0 Å². The molecule has 2 aliphatic heterocycles. The lowest BCUT2D eigenvalue weighted by Gasteiger charge is -2.34. The van der Waals surface area contributed by atoms with Crippen molar-refractivity contribution in [3.63, 3.8) is 0 Å². The average Bonchev–Trinajstić information content (AvgIpc) is 3.16. The summed E-state index contributed by atoms with van der Waals surface area (Å²) in [5.41, 5.74) is -0.00740. The van der Waals surface area contributed by atoms with Crippen molar-refractivity contribution in [2.45, 2.75) is 77.4 Å². The van der Waals surface area contributed by atoms with Crippen LogP contribution >= 0.6 is 0 Å². The maximum absolute atomic E-state index is 11.9. The van der Waals surface area contributed by atoms with Crippen LogP contribution in [0.5, 0.6) is 0 Å². The zero-order valence-corrected chi connectivity index (χ0v) is 14.8. The number of aromatic nitrogens is 1. The van der Waals surface area contributed by atoms with Crippen molar-refractivity contribution in [1.82, 2.24) is 14.8 Å². The van der Waals surface area contributed by atoms with Crippen molar-refractivity contribution in [2.24, 2.45) is 0 Å². The molecule has 0 N–H and O–H groups in total. The van der Waals surface area contributed by atoms with Crippen LogP contribution in [0.4, 0.5) is 0 Å². The minimum atomic E-state index is -0.00740. The van der Waals surface area contributed by atoms with E-state index in [0.29, 0.717) is 12.1 Å². The van der Waals surface area contributed by atoms with Gasteiger partial charge < -0.3 is 9.32 Å². The molecule has 5 heteroatoms. The first-order chi connectivity index (χ1) is 10.9. The third-order valence-electron chi connectivity index (χ3n) is 5.19. The van der Waals surface area contributed by atoms with E-state index in [1.807, 2.05) is 6.20 Å². The fourth-order valence-electron chi connectivity index (χ4n) is 3.97. The molecule has 0 saturated carbocycles. The van der Waals surface area contributed by atoms with Gasteiger partial charge in [0.15, 0.2) is 0 Å². The number of amides is 1. The standard InChI is InChI=1S/C18H29N3O2/c1-13(22)21-10-6-8-15(21)14-7-5-9-20(14)12-17-19-11-16(23-17)18(2,3)4/h11,14-15H,5-10,12H2,1-4H3/t14-,15-/m0/s1. The second-order valence-electron chi connectivity index (χ2n) is 7.97. The predicted octanol–water partition coefficient (Wildman–Crippen LogP) is 2.95. The zero-order chi connectivity index (χ0) is 16.6. The molecular weight excluding hydrogens is 290 g/mol. The molecule has 23 heavy (non-hydrogen) atoms. The van der Waals surface area contributed by atoms with Crippen LogP contribution in [-0.4, -0.2) is 45.9 Å². The summed E-state index contributed by atoms with van der Waals surface area (Å²) in [5.74, 6) is 1.95. The number of carbonyl (C=O) groups is 1. The largest absolute Gasteiger partial charge is 0.444 e. The summed E-state index contributed by atoms with van der Waals surface area (Å²) in [6, 6.07) is 0.818. The van der Waals surface area contributed by atoms with E-state index in [4.69, 9.17) is 4.42 Å². The maximum Gasteiger partial charge on any atom is 0.219 e. The van der Waals surface area contributed by atoms with Crippen molar-refractivity contribution in [3.05, 3.63) is 17.8 Å². The molecule has 1 aromatic heterocycles. The third kappa shape index (κ3) is 3.44. The molecule has 0 aliphatic carbocycles. The Kier molecular flexibility index (Phi) is 4.50. The van der Waals surface area contributed by atoms with Crippen molar-refractivity contribution in [2.75, 3.05) is 13.1 Å². The molecule has 0 bridgehead atoms. The highest BCUT2D eigenvalue weighted by Crippen LogP contribution is 2.31. The molecule has 5 nitrogen and oxygen atoms in total. The fourth-order valence-corrected chi connectivity index (χ4v) is 3.97. The molecule has 0 radical (unpaired) electrons. The van der Waals surface area contributed by atoms with Gasteiger partial charge in [-0.1, -0.05) is 20.8 Å². The van der Waals surface area contributed by atoms with Crippen LogP contribution in [0, 0.1) is 0 Å². The summed E-state index contributed by atoms with van der Waals surface area (Å²) >= 11 is 0. The van der Waals surface area contributed by atoms with Gasteiger partial charge in [-0.05, 0) is 32.2 Å². The number of carbonyl (C=O) groups excluding carboxylic acids is 1. The Morgan fingerprint density at radius 1 is 1.26 bits per heavy atom. The monoisotopic (exact) mass is 319 g/mol. The number of likely N-dealkylation sites (tertiary alicyclic amines) is 2. The summed E-state index contributed by atoms with van der Waals surface area (Å²) in [6.45, 7) is 10.8. The number of hydrogen-bond donors (Lipinski definition) is 0. The minimum Gasteiger partial charge on any atom is -0.444 e. The summed E-state index contributed by atoms with van der Waals surface area (Å²) in [6.07, 6.45) is 6.47. The van der Waals surface area contributed by atoms with Gasteiger partial charge in [0.1, 0.15) is 5.76 Å². The molecule has 3 rings (SSSR count). The van der Waals surface area contributed by atoms with E-state index in [2.05, 4.69) is 35.6 Å². The Labute approximate surface area is 139 Å². The van der Waals surface area contributed by atoms with Gasteiger partial charge in [-0.25, -0.2) is 4.98 Å². The lowest BCUT2D eigenvalue weighted by molar-refractivity contribution is -0.130. The second kappa shape index (κ2) is 6.27. The van der Waals surface area contributed by atoms with Crippen LogP contribution in [0.2, 0.25) is 0 Å². The maximum atomic E-state index is 11.9. The van der Waals surface area contributed by atoms with E-state index in [0.717, 1.165) is 44.1 Å². The molecule has 1 aromatic rings. The third-order valence-corrected chi connectivity index (χ3v) is 5.19. The highest BCUT2D eigenvalue weighted by Gasteiger charge is 2.39. The summed E-state index contributed by atoms with van der Waals surface area (Å²) in [5, 5.41) is 0. The number of nitrogens with zero attached hydrogens (tertiary/aromatic N) is 3. The lowest BCUT2D eigenvalue weighted by Crippen LogP contribution is -2.47. The SMILES string of the molecule is CC(=O)N1CCC[C@H]1[C@@H]1CCCN1Cc1ncc(C(C)(C)C)o1. The van der Waals surface area contributed by atoms with Gasteiger partial charge in [-0.2, -0.15) is 0 Å². The lowest BCUT2D eigenvalue weighted by atomic mass is 9.94. The van der Waals surface area contributed by atoms with E-state index >= 15 is 0 Å². The van der Waals surface area contributed by atoms with E-state index < -0.39 is 0 Å². The Bertz CT molecular complexity index is 561. The molecule has 3 heterocycles. The first-order valence-electron chi connectivity index (χ1n) is 8.82. The second-order valence-corrected chi connectivity index (χ2v) is 7.97. The molecular formula is C18H29N3O2. The van der Waals surface area contributed by atoms with Gasteiger partial charge >= 0.3 is 0 Å². The number of oxazole rings is 1. The van der Waals surface area contributed by atoms with Crippen molar-refractivity contribution in [3.8, 4) is 0 Å². The van der Waals surface area contributed by atoms with Gasteiger partial charge in [0, 0.05) is 31.0 Å².